The second-order valence-electron chi connectivity index (χ2n) is 5.27. The van der Waals surface area contributed by atoms with Crippen LogP contribution in [-0.2, 0) is 16.0 Å². The maximum atomic E-state index is 12.0. The fourth-order valence-electron chi connectivity index (χ4n) is 2.03. The molecule has 0 bridgehead atoms. The molecule has 6 heteroatoms. The van der Waals surface area contributed by atoms with Gasteiger partial charge in [-0.15, -0.1) is 0 Å². The molecule has 0 saturated carbocycles. The Labute approximate surface area is 135 Å². The van der Waals surface area contributed by atoms with Crippen molar-refractivity contribution in [3.8, 4) is 11.5 Å². The van der Waals surface area contributed by atoms with Gasteiger partial charge in [-0.25, -0.2) is 4.98 Å². The minimum absolute atomic E-state index is 0.0712. The van der Waals surface area contributed by atoms with E-state index in [9.17, 15) is 9.59 Å². The van der Waals surface area contributed by atoms with Crippen LogP contribution in [0.1, 0.15) is 26.0 Å². The van der Waals surface area contributed by atoms with E-state index >= 15 is 0 Å². The summed E-state index contributed by atoms with van der Waals surface area (Å²) < 4.78 is 5.39. The molecule has 2 rings (SSSR count). The third-order valence-electron chi connectivity index (χ3n) is 3.23. The number of hydrogen-bond donors (Lipinski definition) is 2. The van der Waals surface area contributed by atoms with Crippen LogP contribution >= 0.6 is 0 Å². The van der Waals surface area contributed by atoms with E-state index in [2.05, 4.69) is 15.6 Å². The van der Waals surface area contributed by atoms with Gasteiger partial charge in [-0.05, 0) is 25.5 Å². The standard InChI is InChI=1S/C17H21N3O3/c1-3-9-18-16(22)12(2)19-15(21)10-14-11-23-17(20-14)13-7-5-4-6-8-13/h4-8,11-12H,3,9-10H2,1-2H3,(H,18,22)(H,19,21)/t12-/m0/s1. The lowest BCUT2D eigenvalue weighted by Crippen LogP contribution is -2.45. The quantitative estimate of drug-likeness (QED) is 0.817. The van der Waals surface area contributed by atoms with Crippen molar-refractivity contribution in [2.75, 3.05) is 6.54 Å². The van der Waals surface area contributed by atoms with Crippen LogP contribution < -0.4 is 10.6 Å². The molecular weight excluding hydrogens is 294 g/mol. The fourth-order valence-corrected chi connectivity index (χ4v) is 2.03. The lowest BCUT2D eigenvalue weighted by Gasteiger charge is -2.13. The Morgan fingerprint density at radius 3 is 2.70 bits per heavy atom. The molecule has 6 nitrogen and oxygen atoms in total. The van der Waals surface area contributed by atoms with E-state index in [0.29, 0.717) is 18.1 Å². The molecule has 0 aliphatic carbocycles. The average molecular weight is 315 g/mol. The van der Waals surface area contributed by atoms with Crippen molar-refractivity contribution in [1.82, 2.24) is 15.6 Å². The predicted molar refractivity (Wildman–Crippen MR) is 86.5 cm³/mol. The first-order chi connectivity index (χ1) is 11.1. The van der Waals surface area contributed by atoms with Crippen molar-refractivity contribution in [3.05, 3.63) is 42.3 Å². The summed E-state index contributed by atoms with van der Waals surface area (Å²) in [6, 6.07) is 8.89. The van der Waals surface area contributed by atoms with Gasteiger partial charge in [-0.1, -0.05) is 25.1 Å². The van der Waals surface area contributed by atoms with Crippen LogP contribution in [0, 0.1) is 0 Å². The van der Waals surface area contributed by atoms with Gasteiger partial charge < -0.3 is 15.1 Å². The molecule has 1 atom stereocenters. The van der Waals surface area contributed by atoms with E-state index in [0.717, 1.165) is 12.0 Å². The van der Waals surface area contributed by atoms with Crippen LogP contribution in [0.15, 0.2) is 41.0 Å². The Hall–Kier alpha value is -2.63. The molecule has 0 spiro atoms. The van der Waals surface area contributed by atoms with Gasteiger partial charge in [0.05, 0.1) is 12.1 Å². The molecular formula is C17H21N3O3. The van der Waals surface area contributed by atoms with Crippen molar-refractivity contribution in [3.63, 3.8) is 0 Å². The van der Waals surface area contributed by atoms with Crippen LogP contribution in [0.25, 0.3) is 11.5 Å². The van der Waals surface area contributed by atoms with Gasteiger partial charge in [0.25, 0.3) is 0 Å². The second kappa shape index (κ2) is 8.12. The maximum Gasteiger partial charge on any atom is 0.242 e. The van der Waals surface area contributed by atoms with Gasteiger partial charge in [-0.3, -0.25) is 9.59 Å². The van der Waals surface area contributed by atoms with Crippen LogP contribution in [0.4, 0.5) is 0 Å². The van der Waals surface area contributed by atoms with Crippen LogP contribution in [0.5, 0.6) is 0 Å². The summed E-state index contributed by atoms with van der Waals surface area (Å²) in [6.07, 6.45) is 2.39. The first-order valence-electron chi connectivity index (χ1n) is 7.67. The van der Waals surface area contributed by atoms with E-state index in [1.165, 1.54) is 6.26 Å². The lowest BCUT2D eigenvalue weighted by atomic mass is 10.2. The van der Waals surface area contributed by atoms with E-state index in [-0.39, 0.29) is 18.2 Å². The second-order valence-corrected chi connectivity index (χ2v) is 5.27. The van der Waals surface area contributed by atoms with Crippen LogP contribution in [-0.4, -0.2) is 29.4 Å². The number of aromatic nitrogens is 1. The molecule has 2 amide bonds. The minimum Gasteiger partial charge on any atom is -0.444 e. The Morgan fingerprint density at radius 1 is 1.26 bits per heavy atom. The Morgan fingerprint density at radius 2 is 2.00 bits per heavy atom. The topological polar surface area (TPSA) is 84.2 Å². The number of nitrogens with one attached hydrogen (secondary N) is 2. The van der Waals surface area contributed by atoms with Gasteiger partial charge in [0.15, 0.2) is 0 Å². The summed E-state index contributed by atoms with van der Waals surface area (Å²) in [4.78, 5) is 28.0. The summed E-state index contributed by atoms with van der Waals surface area (Å²) in [7, 11) is 0. The van der Waals surface area contributed by atoms with Gasteiger partial charge >= 0.3 is 0 Å². The number of carbonyl (C=O) groups excluding carboxylic acids is 2. The molecule has 0 aliphatic heterocycles. The smallest absolute Gasteiger partial charge is 0.242 e. The van der Waals surface area contributed by atoms with Crippen molar-refractivity contribution in [2.24, 2.45) is 0 Å². The lowest BCUT2D eigenvalue weighted by molar-refractivity contribution is -0.128. The highest BCUT2D eigenvalue weighted by Crippen LogP contribution is 2.17. The number of nitrogens with zero attached hydrogens (tertiary/aromatic N) is 1. The first-order valence-corrected chi connectivity index (χ1v) is 7.67. The highest BCUT2D eigenvalue weighted by atomic mass is 16.3. The number of hydrogen-bond acceptors (Lipinski definition) is 4. The molecule has 0 saturated heterocycles. The Kier molecular flexibility index (Phi) is 5.91. The largest absolute Gasteiger partial charge is 0.444 e. The highest BCUT2D eigenvalue weighted by Gasteiger charge is 2.16. The van der Waals surface area contributed by atoms with Gasteiger partial charge in [0.1, 0.15) is 12.3 Å². The molecule has 2 N–H and O–H groups in total. The third-order valence-corrected chi connectivity index (χ3v) is 3.23. The number of oxazole rings is 1. The zero-order valence-corrected chi connectivity index (χ0v) is 13.3. The summed E-state index contributed by atoms with van der Waals surface area (Å²) in [5, 5.41) is 5.39. The number of carbonyl (C=O) groups is 2. The zero-order valence-electron chi connectivity index (χ0n) is 13.3. The predicted octanol–water partition coefficient (Wildman–Crippen LogP) is 1.91. The van der Waals surface area contributed by atoms with Crippen molar-refractivity contribution in [1.29, 1.82) is 0 Å². The van der Waals surface area contributed by atoms with Gasteiger partial charge in [0, 0.05) is 12.1 Å². The SMILES string of the molecule is CCCNC(=O)[C@H](C)NC(=O)Cc1coc(-c2ccccc2)n1. The van der Waals surface area contributed by atoms with Crippen molar-refractivity contribution >= 4 is 11.8 Å². The van der Waals surface area contributed by atoms with E-state index < -0.39 is 6.04 Å². The number of rotatable bonds is 7. The molecule has 0 fully saturated rings. The van der Waals surface area contributed by atoms with Crippen molar-refractivity contribution in [2.45, 2.75) is 32.7 Å². The molecule has 0 aliphatic rings. The van der Waals surface area contributed by atoms with Crippen LogP contribution in [0.2, 0.25) is 0 Å². The summed E-state index contributed by atoms with van der Waals surface area (Å²) in [6.45, 7) is 4.22. The maximum absolute atomic E-state index is 12.0. The monoisotopic (exact) mass is 315 g/mol. The molecule has 1 aromatic carbocycles. The molecule has 122 valence electrons. The average Bonchev–Trinajstić information content (AvgIpc) is 3.01. The van der Waals surface area contributed by atoms with E-state index in [1.54, 1.807) is 6.92 Å². The highest BCUT2D eigenvalue weighted by molar-refractivity contribution is 5.87. The minimum atomic E-state index is -0.574. The molecule has 1 aromatic heterocycles. The van der Waals surface area contributed by atoms with E-state index in [4.69, 9.17) is 4.42 Å². The molecule has 23 heavy (non-hydrogen) atoms. The summed E-state index contributed by atoms with van der Waals surface area (Å²) in [5.74, 6) is 0.0181. The summed E-state index contributed by atoms with van der Waals surface area (Å²) >= 11 is 0. The number of amides is 2. The molecule has 1 heterocycles. The fraction of sp³-hybridized carbons (Fsp3) is 0.353. The normalized spacial score (nSPS) is 11.7. The van der Waals surface area contributed by atoms with Gasteiger partial charge in [-0.2, -0.15) is 0 Å². The zero-order chi connectivity index (χ0) is 16.7. The number of benzene rings is 1. The van der Waals surface area contributed by atoms with Gasteiger partial charge in [0.2, 0.25) is 17.7 Å². The van der Waals surface area contributed by atoms with Crippen molar-refractivity contribution < 1.29 is 14.0 Å². The Bertz CT molecular complexity index is 652. The molecule has 0 unspecified atom stereocenters. The molecule has 2 aromatic rings. The summed E-state index contributed by atoms with van der Waals surface area (Å²) in [5.41, 5.74) is 1.38. The Balaban J connectivity index is 1.88. The van der Waals surface area contributed by atoms with E-state index in [1.807, 2.05) is 37.3 Å². The third kappa shape index (κ3) is 4.95. The van der Waals surface area contributed by atoms with Crippen LogP contribution in [0.3, 0.4) is 0 Å². The first kappa shape index (κ1) is 16.7. The molecule has 0 radical (unpaired) electrons.